The number of likely N-dealkylation sites (N-methyl/N-ethyl adjacent to an activating group) is 3. The monoisotopic (exact) mass is 882 g/mol. The lowest BCUT2D eigenvalue weighted by atomic mass is 9.88. The maximum absolute atomic E-state index is 11.3. The summed E-state index contributed by atoms with van der Waals surface area (Å²) in [5.74, 6) is 1.35. The third-order valence-electron chi connectivity index (χ3n) is 13.7. The van der Waals surface area contributed by atoms with E-state index in [-0.39, 0.29) is 6.04 Å². The highest BCUT2D eigenvalue weighted by Crippen LogP contribution is 2.40. The van der Waals surface area contributed by atoms with Crippen molar-refractivity contribution in [3.8, 4) is 45.3 Å². The van der Waals surface area contributed by atoms with Gasteiger partial charge in [-0.2, -0.15) is 15.3 Å². The van der Waals surface area contributed by atoms with Gasteiger partial charge in [0.1, 0.15) is 11.5 Å². The molecule has 11 heteroatoms. The molecule has 0 bridgehead atoms. The van der Waals surface area contributed by atoms with Crippen molar-refractivity contribution < 1.29 is 9.84 Å². The quantitative estimate of drug-likeness (QED) is 0.109. The fourth-order valence-electron chi connectivity index (χ4n) is 10.3. The van der Waals surface area contributed by atoms with E-state index in [4.69, 9.17) is 20.0 Å². The van der Waals surface area contributed by atoms with Crippen LogP contribution in [0.5, 0.6) is 11.5 Å². The Morgan fingerprint density at radius 3 is 1.82 bits per heavy atom. The van der Waals surface area contributed by atoms with Gasteiger partial charge in [0.2, 0.25) is 0 Å². The molecule has 348 valence electrons. The van der Waals surface area contributed by atoms with Crippen LogP contribution < -0.4 is 4.74 Å². The maximum Gasteiger partial charge on any atom is 0.122 e. The van der Waals surface area contributed by atoms with E-state index in [9.17, 15) is 5.11 Å². The highest BCUT2D eigenvalue weighted by molar-refractivity contribution is 5.72. The van der Waals surface area contributed by atoms with Gasteiger partial charge in [0, 0.05) is 73.7 Å². The number of aromatic hydroxyl groups is 1. The average Bonchev–Trinajstić information content (AvgIpc) is 3.91. The van der Waals surface area contributed by atoms with Gasteiger partial charge in [-0.3, -0.25) is 14.0 Å². The second kappa shape index (κ2) is 20.9. The maximum atomic E-state index is 11.3. The SMILES string of the molecule is CCc1c(C)nn(C)c1-c1cc(CCN(C)C)c(O)cc1C(Cc1cccc(-c2c3c(nn2C)CCCC3)c1)N(C)C.COc1ccc(-c2c3c(nn2C)CCCC3)cc1CCN(C)C. The molecule has 6 aromatic rings. The fourth-order valence-corrected chi connectivity index (χ4v) is 10.3. The van der Waals surface area contributed by atoms with Crippen LogP contribution in [0, 0.1) is 6.92 Å². The molecule has 0 radical (unpaired) electrons. The Kier molecular flexibility index (Phi) is 15.4. The number of hydrogen-bond acceptors (Lipinski definition) is 8. The van der Waals surface area contributed by atoms with E-state index >= 15 is 0 Å². The summed E-state index contributed by atoms with van der Waals surface area (Å²) in [5.41, 5.74) is 19.8. The van der Waals surface area contributed by atoms with E-state index in [0.717, 1.165) is 98.3 Å². The fraction of sp³-hybridized carbons (Fsp3) is 0.500. The van der Waals surface area contributed by atoms with Crippen LogP contribution in [0.15, 0.2) is 54.6 Å². The Bertz CT molecular complexity index is 2570. The molecule has 1 N–H and O–H groups in total. The molecule has 1 atom stereocenters. The summed E-state index contributed by atoms with van der Waals surface area (Å²) in [6, 6.07) is 19.8. The minimum Gasteiger partial charge on any atom is -0.508 e. The summed E-state index contributed by atoms with van der Waals surface area (Å²) >= 11 is 0. The van der Waals surface area contributed by atoms with Crippen molar-refractivity contribution in [1.29, 1.82) is 0 Å². The molecular formula is C54H75N9O2. The van der Waals surface area contributed by atoms with Crippen molar-refractivity contribution in [3.63, 3.8) is 0 Å². The van der Waals surface area contributed by atoms with Gasteiger partial charge in [-0.15, -0.1) is 0 Å². The van der Waals surface area contributed by atoms with Crippen molar-refractivity contribution >= 4 is 0 Å². The van der Waals surface area contributed by atoms with Crippen LogP contribution in [0.2, 0.25) is 0 Å². The van der Waals surface area contributed by atoms with Crippen molar-refractivity contribution in [2.75, 3.05) is 62.5 Å². The van der Waals surface area contributed by atoms with Crippen molar-refractivity contribution in [1.82, 2.24) is 44.0 Å². The molecule has 3 heterocycles. The van der Waals surface area contributed by atoms with Crippen molar-refractivity contribution in [2.45, 2.75) is 96.9 Å². The molecule has 0 aliphatic heterocycles. The Labute approximate surface area is 389 Å². The summed E-state index contributed by atoms with van der Waals surface area (Å²) in [5, 5.41) is 25.8. The second-order valence-corrected chi connectivity index (χ2v) is 19.2. The van der Waals surface area contributed by atoms with E-state index in [1.165, 1.54) is 87.4 Å². The van der Waals surface area contributed by atoms with Gasteiger partial charge >= 0.3 is 0 Å². The number of fused-ring (bicyclic) bond motifs is 2. The number of nitrogens with zero attached hydrogens (tertiary/aromatic N) is 9. The van der Waals surface area contributed by atoms with E-state index in [0.29, 0.717) is 5.75 Å². The smallest absolute Gasteiger partial charge is 0.122 e. The van der Waals surface area contributed by atoms with Gasteiger partial charge in [-0.1, -0.05) is 25.1 Å². The first-order valence-corrected chi connectivity index (χ1v) is 23.9. The minimum absolute atomic E-state index is 0.0596. The molecule has 2 aliphatic carbocycles. The van der Waals surface area contributed by atoms with Gasteiger partial charge in [0.15, 0.2) is 0 Å². The molecule has 1 unspecified atom stereocenters. The summed E-state index contributed by atoms with van der Waals surface area (Å²) in [4.78, 5) is 6.65. The standard InChI is InChI=1S/C35H48N6O.C19H27N3O/c1-9-27-23(2)36-41(8)35(27)30-21-25(17-18-38(3)4)33(42)22-29(30)32(39(5)6)20-24-13-12-14-26(19-24)34-28-15-10-11-16-31(28)37-40(34)7;1-21(2)12-11-14-13-15(9-10-18(14)23-4)19-16-7-5-6-8-17(16)20-22(19)3/h12-14,19,21-22,32,42H,9-11,15-18,20H2,1-8H3;9-10,13H,5-8,11-12H2,1-4H3. The van der Waals surface area contributed by atoms with Gasteiger partial charge in [-0.25, -0.2) is 0 Å². The second-order valence-electron chi connectivity index (χ2n) is 19.2. The van der Waals surface area contributed by atoms with Gasteiger partial charge in [-0.05, 0) is 185 Å². The van der Waals surface area contributed by atoms with Crippen LogP contribution in [0.4, 0.5) is 0 Å². The number of benzene rings is 3. The average molecular weight is 882 g/mol. The van der Waals surface area contributed by atoms with E-state index in [1.807, 2.05) is 17.8 Å². The molecule has 65 heavy (non-hydrogen) atoms. The molecule has 3 aromatic heterocycles. The molecule has 0 fully saturated rings. The van der Waals surface area contributed by atoms with Crippen molar-refractivity contribution in [3.05, 3.63) is 111 Å². The van der Waals surface area contributed by atoms with Crippen LogP contribution in [0.3, 0.4) is 0 Å². The lowest BCUT2D eigenvalue weighted by Crippen LogP contribution is -2.23. The zero-order chi connectivity index (χ0) is 46.5. The van der Waals surface area contributed by atoms with Gasteiger partial charge < -0.3 is 24.5 Å². The van der Waals surface area contributed by atoms with Crippen LogP contribution >= 0.6 is 0 Å². The van der Waals surface area contributed by atoms with E-state index < -0.39 is 0 Å². The predicted octanol–water partition coefficient (Wildman–Crippen LogP) is 8.97. The van der Waals surface area contributed by atoms with Crippen LogP contribution in [0.25, 0.3) is 33.8 Å². The van der Waals surface area contributed by atoms with Gasteiger partial charge in [0.05, 0.1) is 41.3 Å². The Hall–Kier alpha value is -5.23. The Balaban J connectivity index is 0.000000230. The highest BCUT2D eigenvalue weighted by atomic mass is 16.5. The molecule has 8 rings (SSSR count). The summed E-state index contributed by atoms with van der Waals surface area (Å²) in [7, 11) is 20.6. The Morgan fingerprint density at radius 2 is 1.25 bits per heavy atom. The number of methoxy groups -OCH3 is 1. The molecule has 0 spiro atoms. The van der Waals surface area contributed by atoms with Crippen LogP contribution in [-0.4, -0.2) is 112 Å². The topological polar surface area (TPSA) is 92.6 Å². The zero-order valence-electron chi connectivity index (χ0n) is 41.6. The number of hydrogen-bond donors (Lipinski definition) is 1. The molecule has 3 aromatic carbocycles. The molecule has 0 amide bonds. The number of phenolic OH excluding ortho intramolecular Hbond substituents is 1. The molecule has 0 saturated carbocycles. The number of phenols is 1. The normalized spacial score (nSPS) is 14.1. The lowest BCUT2D eigenvalue weighted by molar-refractivity contribution is 0.297. The largest absolute Gasteiger partial charge is 0.508 e. The first kappa shape index (κ1) is 47.7. The van der Waals surface area contributed by atoms with Crippen molar-refractivity contribution in [2.24, 2.45) is 21.1 Å². The molecular weight excluding hydrogens is 807 g/mol. The van der Waals surface area contributed by atoms with Gasteiger partial charge in [0.25, 0.3) is 0 Å². The molecule has 11 nitrogen and oxygen atoms in total. The Morgan fingerprint density at radius 1 is 0.677 bits per heavy atom. The van der Waals surface area contributed by atoms with Crippen LogP contribution in [0.1, 0.15) is 94.7 Å². The lowest BCUT2D eigenvalue weighted by Gasteiger charge is -2.29. The molecule has 0 saturated heterocycles. The minimum atomic E-state index is 0.0596. The summed E-state index contributed by atoms with van der Waals surface area (Å²) < 4.78 is 11.7. The summed E-state index contributed by atoms with van der Waals surface area (Å²) in [6.45, 7) is 6.19. The number of aromatic nitrogens is 6. The van der Waals surface area contributed by atoms with E-state index in [2.05, 4.69) is 143 Å². The summed E-state index contributed by atoms with van der Waals surface area (Å²) in [6.07, 6.45) is 13.0. The van der Waals surface area contributed by atoms with Crippen LogP contribution in [-0.2, 0) is 72.5 Å². The number of aryl methyl sites for hydroxylation is 6. The first-order chi connectivity index (χ1) is 31.2. The molecule has 2 aliphatic rings. The first-order valence-electron chi connectivity index (χ1n) is 23.9. The number of ether oxygens (including phenoxy) is 1. The van der Waals surface area contributed by atoms with E-state index in [1.54, 1.807) is 7.11 Å². The zero-order valence-corrected chi connectivity index (χ0v) is 41.6. The third-order valence-corrected chi connectivity index (χ3v) is 13.7. The highest BCUT2D eigenvalue weighted by Gasteiger charge is 2.27. The third kappa shape index (κ3) is 10.6. The predicted molar refractivity (Wildman–Crippen MR) is 266 cm³/mol. The number of rotatable bonds is 15.